The van der Waals surface area contributed by atoms with Gasteiger partial charge < -0.3 is 20.5 Å². The van der Waals surface area contributed by atoms with E-state index in [1.54, 1.807) is 6.92 Å². The van der Waals surface area contributed by atoms with Gasteiger partial charge >= 0.3 is 5.82 Å². The van der Waals surface area contributed by atoms with E-state index in [9.17, 15) is 14.9 Å². The number of carbonyl (C=O) groups is 1. The fourth-order valence-corrected chi connectivity index (χ4v) is 1.05. The van der Waals surface area contributed by atoms with E-state index < -0.39 is 4.92 Å². The van der Waals surface area contributed by atoms with Crippen molar-refractivity contribution in [2.45, 2.75) is 19.5 Å². The summed E-state index contributed by atoms with van der Waals surface area (Å²) in [7, 11) is 0. The summed E-state index contributed by atoms with van der Waals surface area (Å²) in [6, 6.07) is 0.862. The minimum Gasteiger partial charge on any atom is -0.394 e. The molecule has 2 N–H and O–H groups in total. The van der Waals surface area contributed by atoms with Gasteiger partial charge in [0.1, 0.15) is 6.54 Å². The summed E-state index contributed by atoms with van der Waals surface area (Å²) in [5.41, 5.74) is 0. The van der Waals surface area contributed by atoms with Gasteiger partial charge in [-0.05, 0) is 11.8 Å². The molecule has 1 rings (SSSR count). The molecule has 0 saturated carbocycles. The van der Waals surface area contributed by atoms with Crippen LogP contribution in [0.2, 0.25) is 0 Å². The minimum atomic E-state index is -0.634. The minimum absolute atomic E-state index is 0.113. The first-order valence-electron chi connectivity index (χ1n) is 4.61. The molecule has 0 aliphatic rings. The predicted molar refractivity (Wildman–Crippen MR) is 53.6 cm³/mol. The van der Waals surface area contributed by atoms with Crippen molar-refractivity contribution in [1.29, 1.82) is 0 Å². The number of hydrogen-bond donors (Lipinski definition) is 2. The molecule has 1 amide bonds. The van der Waals surface area contributed by atoms with Crippen LogP contribution in [0.25, 0.3) is 0 Å². The molecule has 0 aliphatic carbocycles. The van der Waals surface area contributed by atoms with E-state index >= 15 is 0 Å². The lowest BCUT2D eigenvalue weighted by Crippen LogP contribution is -2.37. The Hall–Kier alpha value is -1.96. The van der Waals surface area contributed by atoms with Crippen molar-refractivity contribution in [3.8, 4) is 0 Å². The molecule has 1 aromatic rings. The molecule has 0 radical (unpaired) electrons. The van der Waals surface area contributed by atoms with Crippen molar-refractivity contribution in [3.05, 3.63) is 22.4 Å². The van der Waals surface area contributed by atoms with Crippen LogP contribution in [0.3, 0.4) is 0 Å². The van der Waals surface area contributed by atoms with Crippen LogP contribution in [-0.2, 0) is 11.3 Å². The summed E-state index contributed by atoms with van der Waals surface area (Å²) in [6.45, 7) is 1.37. The third-order valence-corrected chi connectivity index (χ3v) is 1.80. The topological polar surface area (TPSA) is 110 Å². The van der Waals surface area contributed by atoms with Crippen molar-refractivity contribution in [3.63, 3.8) is 0 Å². The molecule has 1 unspecified atom stereocenters. The first-order chi connectivity index (χ1) is 7.52. The highest BCUT2D eigenvalue weighted by Crippen LogP contribution is 2.04. The van der Waals surface area contributed by atoms with E-state index in [-0.39, 0.29) is 30.9 Å². The molecular weight excluding hydrogens is 216 g/mol. The summed E-state index contributed by atoms with van der Waals surface area (Å²) < 4.78 is 1.16. The maximum Gasteiger partial charge on any atom is 0.389 e. The van der Waals surface area contributed by atoms with E-state index in [2.05, 4.69) is 10.4 Å². The highest BCUT2D eigenvalue weighted by molar-refractivity contribution is 5.75. The Morgan fingerprint density at radius 2 is 2.50 bits per heavy atom. The average molecular weight is 228 g/mol. The number of aromatic nitrogens is 2. The second-order valence-corrected chi connectivity index (χ2v) is 3.28. The zero-order valence-electron chi connectivity index (χ0n) is 8.66. The molecule has 16 heavy (non-hydrogen) atoms. The second kappa shape index (κ2) is 5.21. The number of amides is 1. The molecule has 0 saturated heterocycles. The molecule has 1 aromatic heterocycles. The number of nitrogens with zero attached hydrogens (tertiary/aromatic N) is 3. The van der Waals surface area contributed by atoms with Crippen molar-refractivity contribution in [2.24, 2.45) is 0 Å². The standard InChI is InChI=1S/C8H12N4O4/c1-6(5-13)9-8(14)4-11-3-2-7(10-11)12(15)16/h2-3,6,13H,4-5H2,1H3,(H,9,14). The normalized spacial score (nSPS) is 12.1. The Bertz CT molecular complexity index is 389. The number of nitrogens with one attached hydrogen (secondary N) is 1. The molecule has 88 valence electrons. The number of rotatable bonds is 5. The maximum absolute atomic E-state index is 11.3. The molecule has 0 aromatic carbocycles. The fourth-order valence-electron chi connectivity index (χ4n) is 1.05. The Kier molecular flexibility index (Phi) is 3.95. The Labute approximate surface area is 91.0 Å². The largest absolute Gasteiger partial charge is 0.394 e. The Morgan fingerprint density at radius 3 is 3.00 bits per heavy atom. The van der Waals surface area contributed by atoms with Crippen molar-refractivity contribution < 1.29 is 14.8 Å². The average Bonchev–Trinajstić information content (AvgIpc) is 2.65. The lowest BCUT2D eigenvalue weighted by Gasteiger charge is -2.09. The van der Waals surface area contributed by atoms with E-state index in [1.807, 2.05) is 0 Å². The third-order valence-electron chi connectivity index (χ3n) is 1.80. The fraction of sp³-hybridized carbons (Fsp3) is 0.500. The Morgan fingerprint density at radius 1 is 1.81 bits per heavy atom. The van der Waals surface area contributed by atoms with Gasteiger partial charge in [-0.15, -0.1) is 0 Å². The predicted octanol–water partition coefficient (Wildman–Crippen LogP) is -0.712. The third kappa shape index (κ3) is 3.31. The van der Waals surface area contributed by atoms with E-state index in [4.69, 9.17) is 5.11 Å². The van der Waals surface area contributed by atoms with Gasteiger partial charge in [-0.2, -0.15) is 4.68 Å². The van der Waals surface area contributed by atoms with Gasteiger partial charge in [-0.3, -0.25) is 4.79 Å². The highest BCUT2D eigenvalue weighted by Gasteiger charge is 2.14. The molecule has 0 spiro atoms. The molecule has 0 fully saturated rings. The van der Waals surface area contributed by atoms with Gasteiger partial charge in [0.15, 0.2) is 0 Å². The number of aliphatic hydroxyl groups excluding tert-OH is 1. The number of aliphatic hydroxyl groups is 1. The van der Waals surface area contributed by atoms with Gasteiger partial charge in [-0.1, -0.05) is 0 Å². The van der Waals surface area contributed by atoms with Crippen LogP contribution in [0.4, 0.5) is 5.82 Å². The molecule has 8 heteroatoms. The van der Waals surface area contributed by atoms with E-state index in [0.29, 0.717) is 0 Å². The quantitative estimate of drug-likeness (QED) is 0.510. The molecule has 1 atom stereocenters. The monoisotopic (exact) mass is 228 g/mol. The number of hydrogen-bond acceptors (Lipinski definition) is 5. The van der Waals surface area contributed by atoms with Crippen LogP contribution in [0.5, 0.6) is 0 Å². The second-order valence-electron chi connectivity index (χ2n) is 3.28. The Balaban J connectivity index is 2.53. The summed E-state index contributed by atoms with van der Waals surface area (Å²) in [4.78, 5) is 21.0. The van der Waals surface area contributed by atoms with Crippen LogP contribution < -0.4 is 5.32 Å². The zero-order chi connectivity index (χ0) is 12.1. The molecule has 0 aliphatic heterocycles. The molecule has 1 heterocycles. The summed E-state index contributed by atoms with van der Waals surface area (Å²) in [5, 5.41) is 25.1. The lowest BCUT2D eigenvalue weighted by atomic mass is 10.3. The van der Waals surface area contributed by atoms with Crippen LogP contribution >= 0.6 is 0 Å². The van der Waals surface area contributed by atoms with Crippen molar-refractivity contribution in [1.82, 2.24) is 15.1 Å². The molecular formula is C8H12N4O4. The van der Waals surface area contributed by atoms with Crippen molar-refractivity contribution in [2.75, 3.05) is 6.61 Å². The van der Waals surface area contributed by atoms with Gasteiger partial charge in [0.05, 0.1) is 24.0 Å². The maximum atomic E-state index is 11.3. The van der Waals surface area contributed by atoms with Crippen molar-refractivity contribution >= 4 is 11.7 Å². The lowest BCUT2D eigenvalue weighted by molar-refractivity contribution is -0.389. The molecule has 8 nitrogen and oxygen atoms in total. The van der Waals surface area contributed by atoms with Gasteiger partial charge in [0, 0.05) is 6.04 Å². The highest BCUT2D eigenvalue weighted by atomic mass is 16.6. The summed E-state index contributed by atoms with van der Waals surface area (Å²) >= 11 is 0. The first-order valence-corrected chi connectivity index (χ1v) is 4.61. The van der Waals surface area contributed by atoms with Crippen LogP contribution in [0, 0.1) is 10.1 Å². The summed E-state index contributed by atoms with van der Waals surface area (Å²) in [5.74, 6) is -0.664. The summed E-state index contributed by atoms with van der Waals surface area (Å²) in [6.07, 6.45) is 1.35. The smallest absolute Gasteiger partial charge is 0.389 e. The first kappa shape index (κ1) is 12.1. The van der Waals surface area contributed by atoms with Crippen LogP contribution in [0.15, 0.2) is 12.3 Å². The van der Waals surface area contributed by atoms with E-state index in [0.717, 1.165) is 4.68 Å². The number of carbonyl (C=O) groups excluding carboxylic acids is 1. The van der Waals surface area contributed by atoms with Gasteiger partial charge in [-0.25, -0.2) is 0 Å². The van der Waals surface area contributed by atoms with Gasteiger partial charge in [0.2, 0.25) is 5.91 Å². The van der Waals surface area contributed by atoms with Crippen LogP contribution in [-0.4, -0.2) is 38.4 Å². The molecule has 0 bridgehead atoms. The van der Waals surface area contributed by atoms with Crippen LogP contribution in [0.1, 0.15) is 6.92 Å². The number of nitro groups is 1. The van der Waals surface area contributed by atoms with E-state index in [1.165, 1.54) is 12.3 Å². The SMILES string of the molecule is CC(CO)NC(=O)Cn1ccc([N+](=O)[O-])n1. The van der Waals surface area contributed by atoms with Gasteiger partial charge in [0.25, 0.3) is 0 Å². The zero-order valence-corrected chi connectivity index (χ0v) is 8.66.